The van der Waals surface area contributed by atoms with E-state index in [1.165, 1.54) is 0 Å². The van der Waals surface area contributed by atoms with Gasteiger partial charge in [-0.2, -0.15) is 0 Å². The lowest BCUT2D eigenvalue weighted by Crippen LogP contribution is -2.48. The number of benzene rings is 3. The third-order valence-corrected chi connectivity index (χ3v) is 6.01. The molecule has 0 spiro atoms. The van der Waals surface area contributed by atoms with Crippen LogP contribution in [-0.2, 0) is 0 Å². The molecule has 2 amide bonds. The first kappa shape index (κ1) is 21.1. The van der Waals surface area contributed by atoms with E-state index in [9.17, 15) is 9.59 Å². The average molecular weight is 478 g/mol. The fourth-order valence-electron chi connectivity index (χ4n) is 3.74. The molecule has 158 valence electrons. The van der Waals surface area contributed by atoms with Crippen LogP contribution in [0.4, 0.5) is 11.4 Å². The molecule has 1 N–H and O–H groups in total. The molecule has 1 aliphatic heterocycles. The fraction of sp³-hybridized carbons (Fsp3) is 0.200. The zero-order chi connectivity index (χ0) is 21.8. The van der Waals surface area contributed by atoms with Gasteiger partial charge in [0.2, 0.25) is 0 Å². The summed E-state index contributed by atoms with van der Waals surface area (Å²) in [6.07, 6.45) is 0. The molecular weight excluding hydrogens is 454 g/mol. The summed E-state index contributed by atoms with van der Waals surface area (Å²) < 4.78 is 0.871. The van der Waals surface area contributed by atoms with E-state index in [0.29, 0.717) is 18.7 Å². The number of halogens is 1. The van der Waals surface area contributed by atoms with Crippen LogP contribution in [-0.4, -0.2) is 42.9 Å². The Morgan fingerprint density at radius 1 is 0.871 bits per heavy atom. The fourth-order valence-corrected chi connectivity index (χ4v) is 4.14. The maximum Gasteiger partial charge on any atom is 0.255 e. The lowest BCUT2D eigenvalue weighted by atomic mass is 10.1. The van der Waals surface area contributed by atoms with Crippen LogP contribution in [0.5, 0.6) is 0 Å². The Balaban J connectivity index is 1.35. The topological polar surface area (TPSA) is 52.7 Å². The second-order valence-electron chi connectivity index (χ2n) is 7.61. The van der Waals surface area contributed by atoms with Gasteiger partial charge in [0.15, 0.2) is 0 Å². The third-order valence-electron chi connectivity index (χ3n) is 5.52. The van der Waals surface area contributed by atoms with Gasteiger partial charge in [0.25, 0.3) is 11.8 Å². The summed E-state index contributed by atoms with van der Waals surface area (Å²) in [7, 11) is 0. The van der Waals surface area contributed by atoms with E-state index in [0.717, 1.165) is 40.1 Å². The molecule has 6 heteroatoms. The van der Waals surface area contributed by atoms with Crippen LogP contribution in [0.25, 0.3) is 0 Å². The number of rotatable bonds is 4. The molecule has 31 heavy (non-hydrogen) atoms. The van der Waals surface area contributed by atoms with Gasteiger partial charge in [0, 0.05) is 53.2 Å². The molecule has 0 unspecified atom stereocenters. The molecule has 1 heterocycles. The molecule has 0 saturated carbocycles. The summed E-state index contributed by atoms with van der Waals surface area (Å²) in [5.41, 5.74) is 4.23. The summed E-state index contributed by atoms with van der Waals surface area (Å²) in [6.45, 7) is 4.91. The lowest BCUT2D eigenvalue weighted by Gasteiger charge is -2.36. The van der Waals surface area contributed by atoms with E-state index in [1.807, 2.05) is 72.5 Å². The molecule has 1 aliphatic rings. The number of nitrogens with zero attached hydrogens (tertiary/aromatic N) is 2. The highest BCUT2D eigenvalue weighted by atomic mass is 79.9. The van der Waals surface area contributed by atoms with E-state index >= 15 is 0 Å². The summed E-state index contributed by atoms with van der Waals surface area (Å²) in [5.74, 6) is -0.0410. The Kier molecular flexibility index (Phi) is 6.37. The van der Waals surface area contributed by atoms with Gasteiger partial charge in [0.05, 0.1) is 0 Å². The van der Waals surface area contributed by atoms with Crippen molar-refractivity contribution in [3.8, 4) is 0 Å². The Morgan fingerprint density at radius 3 is 2.26 bits per heavy atom. The molecule has 5 nitrogen and oxygen atoms in total. The first-order chi connectivity index (χ1) is 15.0. The standard InChI is InChI=1S/C25H24BrN3O2/c1-18-5-2-3-8-23(18)25(31)29-15-13-28(14-16-29)22-11-9-21(10-12-22)27-24(30)19-6-4-7-20(26)17-19/h2-12,17H,13-16H2,1H3,(H,27,30). The minimum Gasteiger partial charge on any atom is -0.368 e. The third kappa shape index (κ3) is 4.97. The Morgan fingerprint density at radius 2 is 1.58 bits per heavy atom. The zero-order valence-corrected chi connectivity index (χ0v) is 18.9. The maximum absolute atomic E-state index is 12.8. The van der Waals surface area contributed by atoms with E-state index in [-0.39, 0.29) is 11.8 Å². The monoisotopic (exact) mass is 477 g/mol. The van der Waals surface area contributed by atoms with Crippen LogP contribution in [0.1, 0.15) is 26.3 Å². The second-order valence-corrected chi connectivity index (χ2v) is 8.52. The normalized spacial score (nSPS) is 13.7. The molecule has 3 aromatic carbocycles. The van der Waals surface area contributed by atoms with Crippen LogP contribution in [0, 0.1) is 6.92 Å². The van der Waals surface area contributed by atoms with Crippen molar-refractivity contribution in [3.05, 3.63) is 94.0 Å². The largest absolute Gasteiger partial charge is 0.368 e. The summed E-state index contributed by atoms with van der Waals surface area (Å²) in [6, 6.07) is 22.9. The van der Waals surface area contributed by atoms with Crippen molar-refractivity contribution in [2.24, 2.45) is 0 Å². The molecule has 3 aromatic rings. The highest BCUT2D eigenvalue weighted by molar-refractivity contribution is 9.10. The van der Waals surface area contributed by atoms with Gasteiger partial charge < -0.3 is 15.1 Å². The van der Waals surface area contributed by atoms with Gasteiger partial charge in [-0.3, -0.25) is 9.59 Å². The highest BCUT2D eigenvalue weighted by Crippen LogP contribution is 2.21. The van der Waals surface area contributed by atoms with Gasteiger partial charge in [0.1, 0.15) is 0 Å². The number of carbonyl (C=O) groups is 2. The van der Waals surface area contributed by atoms with E-state index in [2.05, 4.69) is 26.1 Å². The van der Waals surface area contributed by atoms with Gasteiger partial charge in [-0.05, 0) is 61.0 Å². The van der Waals surface area contributed by atoms with Crippen LogP contribution in [0.3, 0.4) is 0 Å². The quantitative estimate of drug-likeness (QED) is 0.576. The van der Waals surface area contributed by atoms with Gasteiger partial charge >= 0.3 is 0 Å². The molecule has 0 atom stereocenters. The van der Waals surface area contributed by atoms with Crippen LogP contribution < -0.4 is 10.2 Å². The van der Waals surface area contributed by atoms with E-state index in [1.54, 1.807) is 12.1 Å². The van der Waals surface area contributed by atoms with Gasteiger partial charge in [-0.25, -0.2) is 0 Å². The first-order valence-corrected chi connectivity index (χ1v) is 11.1. The highest BCUT2D eigenvalue weighted by Gasteiger charge is 2.23. The molecular formula is C25H24BrN3O2. The Bertz CT molecular complexity index is 1090. The van der Waals surface area contributed by atoms with E-state index < -0.39 is 0 Å². The summed E-state index contributed by atoms with van der Waals surface area (Å²) in [5, 5.41) is 2.93. The minimum atomic E-state index is -0.141. The summed E-state index contributed by atoms with van der Waals surface area (Å²) >= 11 is 3.39. The predicted molar refractivity (Wildman–Crippen MR) is 128 cm³/mol. The molecule has 0 aromatic heterocycles. The average Bonchev–Trinajstić information content (AvgIpc) is 2.79. The van der Waals surface area contributed by atoms with Crippen molar-refractivity contribution in [2.75, 3.05) is 36.4 Å². The summed E-state index contributed by atoms with van der Waals surface area (Å²) in [4.78, 5) is 29.4. The second kappa shape index (κ2) is 9.35. The number of aryl methyl sites for hydroxylation is 1. The lowest BCUT2D eigenvalue weighted by molar-refractivity contribution is 0.0746. The smallest absolute Gasteiger partial charge is 0.255 e. The molecule has 0 radical (unpaired) electrons. The SMILES string of the molecule is Cc1ccccc1C(=O)N1CCN(c2ccc(NC(=O)c3cccc(Br)c3)cc2)CC1. The van der Waals surface area contributed by atoms with Crippen LogP contribution >= 0.6 is 15.9 Å². The predicted octanol–water partition coefficient (Wildman–Crippen LogP) is 4.97. The Hall–Kier alpha value is -3.12. The Labute approximate surface area is 190 Å². The molecule has 4 rings (SSSR count). The molecule has 0 bridgehead atoms. The van der Waals surface area contributed by atoms with Crippen molar-refractivity contribution in [2.45, 2.75) is 6.92 Å². The van der Waals surface area contributed by atoms with E-state index in [4.69, 9.17) is 0 Å². The van der Waals surface area contributed by atoms with Crippen molar-refractivity contribution in [1.29, 1.82) is 0 Å². The zero-order valence-electron chi connectivity index (χ0n) is 17.3. The van der Waals surface area contributed by atoms with Crippen molar-refractivity contribution >= 4 is 39.1 Å². The number of nitrogens with one attached hydrogen (secondary N) is 1. The molecule has 1 fully saturated rings. The number of carbonyl (C=O) groups excluding carboxylic acids is 2. The number of anilines is 2. The number of hydrogen-bond donors (Lipinski definition) is 1. The minimum absolute atomic E-state index is 0.100. The number of amides is 2. The number of hydrogen-bond acceptors (Lipinski definition) is 3. The number of piperazine rings is 1. The van der Waals surface area contributed by atoms with Gasteiger partial charge in [-0.15, -0.1) is 0 Å². The molecule has 1 saturated heterocycles. The van der Waals surface area contributed by atoms with Crippen LogP contribution in [0.2, 0.25) is 0 Å². The maximum atomic E-state index is 12.8. The van der Waals surface area contributed by atoms with Crippen molar-refractivity contribution in [1.82, 2.24) is 4.90 Å². The van der Waals surface area contributed by atoms with Crippen molar-refractivity contribution in [3.63, 3.8) is 0 Å². The van der Waals surface area contributed by atoms with Gasteiger partial charge in [-0.1, -0.05) is 40.2 Å². The van der Waals surface area contributed by atoms with Crippen molar-refractivity contribution < 1.29 is 9.59 Å². The first-order valence-electron chi connectivity index (χ1n) is 10.3. The van der Waals surface area contributed by atoms with Crippen LogP contribution in [0.15, 0.2) is 77.3 Å². The molecule has 0 aliphatic carbocycles.